The van der Waals surface area contributed by atoms with Gasteiger partial charge < -0.3 is 15.0 Å². The molecule has 0 aliphatic carbocycles. The molecule has 0 aromatic heterocycles. The Kier molecular flexibility index (Phi) is 9.37. The minimum Gasteiger partial charge on any atom is -0.497 e. The van der Waals surface area contributed by atoms with Crippen molar-refractivity contribution >= 4 is 35.0 Å². The predicted molar refractivity (Wildman–Crippen MR) is 136 cm³/mol. The summed E-state index contributed by atoms with van der Waals surface area (Å²) in [5.74, 6) is 0.303. The van der Waals surface area contributed by atoms with E-state index in [0.29, 0.717) is 28.8 Å². The van der Waals surface area contributed by atoms with Crippen LogP contribution < -0.4 is 10.1 Å². The maximum absolute atomic E-state index is 13.6. The third kappa shape index (κ3) is 6.99. The van der Waals surface area contributed by atoms with Crippen molar-refractivity contribution in [2.24, 2.45) is 0 Å². The second-order valence-corrected chi connectivity index (χ2v) is 8.71. The number of ether oxygens (including phenoxy) is 1. The molecule has 1 N–H and O–H groups in total. The lowest BCUT2D eigenvalue weighted by atomic mass is 10.0. The first kappa shape index (κ1) is 25.6. The zero-order chi connectivity index (χ0) is 24.5. The largest absolute Gasteiger partial charge is 0.497 e. The van der Waals surface area contributed by atoms with Gasteiger partial charge in [0.05, 0.1) is 23.6 Å². The van der Waals surface area contributed by atoms with E-state index in [9.17, 15) is 9.59 Å². The van der Waals surface area contributed by atoms with Gasteiger partial charge in [-0.3, -0.25) is 9.59 Å². The molecule has 0 radical (unpaired) electrons. The molecule has 34 heavy (non-hydrogen) atoms. The first-order valence-electron chi connectivity index (χ1n) is 11.1. The van der Waals surface area contributed by atoms with Crippen molar-refractivity contribution < 1.29 is 14.3 Å². The van der Waals surface area contributed by atoms with E-state index in [4.69, 9.17) is 27.9 Å². The predicted octanol–water partition coefficient (Wildman–Crippen LogP) is 5.32. The molecule has 0 bridgehead atoms. The van der Waals surface area contributed by atoms with Gasteiger partial charge in [-0.25, -0.2) is 0 Å². The second kappa shape index (κ2) is 12.4. The van der Waals surface area contributed by atoms with E-state index in [0.717, 1.165) is 16.7 Å². The van der Waals surface area contributed by atoms with Gasteiger partial charge in [0.15, 0.2) is 0 Å². The Morgan fingerprint density at radius 1 is 0.912 bits per heavy atom. The zero-order valence-corrected chi connectivity index (χ0v) is 20.8. The highest BCUT2D eigenvalue weighted by molar-refractivity contribution is 6.42. The van der Waals surface area contributed by atoms with Gasteiger partial charge in [-0.15, -0.1) is 0 Å². The van der Waals surface area contributed by atoms with Crippen molar-refractivity contribution in [2.45, 2.75) is 32.4 Å². The third-order valence-electron chi connectivity index (χ3n) is 5.45. The Morgan fingerprint density at radius 2 is 1.65 bits per heavy atom. The number of benzene rings is 3. The number of halogens is 2. The molecular formula is C27H28Cl2N2O3. The van der Waals surface area contributed by atoms with Crippen LogP contribution in [0.5, 0.6) is 5.75 Å². The molecule has 0 saturated heterocycles. The molecular weight excluding hydrogens is 471 g/mol. The lowest BCUT2D eigenvalue weighted by Crippen LogP contribution is -2.50. The Bertz CT molecular complexity index is 1120. The number of nitrogens with zero attached hydrogens (tertiary/aromatic N) is 1. The molecule has 3 aromatic carbocycles. The number of likely N-dealkylation sites (N-methyl/N-ethyl adjacent to an activating group) is 1. The standard InChI is InChI=1S/C27H28Cl2N2O3/c1-3-30-27(33)25(16-19-8-5-4-6-9-19)31(18-21-10-7-11-22(14-21)34-2)26(32)17-20-12-13-23(28)24(29)15-20/h4-15,25H,3,16-18H2,1-2H3,(H,30,33)/t25-/m0/s1. The van der Waals surface area contributed by atoms with Gasteiger partial charge in [0.1, 0.15) is 11.8 Å². The maximum atomic E-state index is 13.6. The lowest BCUT2D eigenvalue weighted by Gasteiger charge is -2.31. The lowest BCUT2D eigenvalue weighted by molar-refractivity contribution is -0.140. The molecule has 1 atom stereocenters. The van der Waals surface area contributed by atoms with E-state index in [2.05, 4.69) is 5.32 Å². The Hall–Kier alpha value is -3.02. The van der Waals surface area contributed by atoms with Gasteiger partial charge in [0.2, 0.25) is 11.8 Å². The van der Waals surface area contributed by atoms with Crippen LogP contribution in [0.1, 0.15) is 23.6 Å². The molecule has 5 nitrogen and oxygen atoms in total. The number of rotatable bonds is 10. The van der Waals surface area contributed by atoms with Crippen LogP contribution in [0.25, 0.3) is 0 Å². The van der Waals surface area contributed by atoms with Gasteiger partial charge in [0.25, 0.3) is 0 Å². The van der Waals surface area contributed by atoms with Crippen LogP contribution in [0.15, 0.2) is 72.8 Å². The number of hydrogen-bond donors (Lipinski definition) is 1. The summed E-state index contributed by atoms with van der Waals surface area (Å²) in [6, 6.07) is 21.6. The molecule has 0 aliphatic heterocycles. The molecule has 0 heterocycles. The van der Waals surface area contributed by atoms with E-state index in [-0.39, 0.29) is 24.8 Å². The summed E-state index contributed by atoms with van der Waals surface area (Å²) in [4.78, 5) is 28.5. The summed E-state index contributed by atoms with van der Waals surface area (Å²) in [6.07, 6.45) is 0.481. The minimum absolute atomic E-state index is 0.0888. The van der Waals surface area contributed by atoms with Gasteiger partial charge in [-0.1, -0.05) is 71.7 Å². The van der Waals surface area contributed by atoms with Crippen LogP contribution >= 0.6 is 23.2 Å². The fourth-order valence-corrected chi connectivity index (χ4v) is 4.06. The molecule has 178 valence electrons. The summed E-state index contributed by atoms with van der Waals surface area (Å²) < 4.78 is 5.35. The van der Waals surface area contributed by atoms with Crippen LogP contribution in [0.3, 0.4) is 0 Å². The molecule has 0 aliphatic rings. The monoisotopic (exact) mass is 498 g/mol. The Balaban J connectivity index is 1.97. The number of carbonyl (C=O) groups excluding carboxylic acids is 2. The Morgan fingerprint density at radius 3 is 2.32 bits per heavy atom. The van der Waals surface area contributed by atoms with Gasteiger partial charge in [0, 0.05) is 19.5 Å². The van der Waals surface area contributed by atoms with Crippen LogP contribution in [-0.2, 0) is 29.0 Å². The van der Waals surface area contributed by atoms with Gasteiger partial charge >= 0.3 is 0 Å². The van der Waals surface area contributed by atoms with E-state index in [1.807, 2.05) is 61.5 Å². The number of hydrogen-bond acceptors (Lipinski definition) is 3. The fraction of sp³-hybridized carbons (Fsp3) is 0.259. The highest BCUT2D eigenvalue weighted by Crippen LogP contribution is 2.24. The number of carbonyl (C=O) groups is 2. The number of methoxy groups -OCH3 is 1. The first-order chi connectivity index (χ1) is 16.4. The van der Waals surface area contributed by atoms with Crippen LogP contribution in [0.4, 0.5) is 0 Å². The molecule has 0 saturated carbocycles. The molecule has 0 fully saturated rings. The van der Waals surface area contributed by atoms with E-state index in [1.165, 1.54) is 0 Å². The average Bonchev–Trinajstić information content (AvgIpc) is 2.84. The van der Waals surface area contributed by atoms with Crippen molar-refractivity contribution in [1.82, 2.24) is 10.2 Å². The molecule has 3 aromatic rings. The Labute approximate surface area is 210 Å². The highest BCUT2D eigenvalue weighted by atomic mass is 35.5. The van der Waals surface area contributed by atoms with E-state index < -0.39 is 6.04 Å². The van der Waals surface area contributed by atoms with Crippen molar-refractivity contribution in [1.29, 1.82) is 0 Å². The van der Waals surface area contributed by atoms with E-state index in [1.54, 1.807) is 30.2 Å². The molecule has 2 amide bonds. The molecule has 3 rings (SSSR count). The summed E-state index contributed by atoms with van der Waals surface area (Å²) in [6.45, 7) is 2.59. The SMILES string of the molecule is CCNC(=O)[C@H](Cc1ccccc1)N(Cc1cccc(OC)c1)C(=O)Cc1ccc(Cl)c(Cl)c1. The zero-order valence-electron chi connectivity index (χ0n) is 19.3. The van der Waals surface area contributed by atoms with Crippen molar-refractivity contribution in [3.05, 3.63) is 99.5 Å². The van der Waals surface area contributed by atoms with E-state index >= 15 is 0 Å². The quantitative estimate of drug-likeness (QED) is 0.411. The number of amides is 2. The van der Waals surface area contributed by atoms with Crippen LogP contribution in [-0.4, -0.2) is 36.4 Å². The highest BCUT2D eigenvalue weighted by Gasteiger charge is 2.30. The summed E-state index contributed by atoms with van der Waals surface area (Å²) in [5.41, 5.74) is 2.56. The van der Waals surface area contributed by atoms with Crippen LogP contribution in [0, 0.1) is 0 Å². The normalized spacial score (nSPS) is 11.5. The van der Waals surface area contributed by atoms with Crippen molar-refractivity contribution in [2.75, 3.05) is 13.7 Å². The number of nitrogens with one attached hydrogen (secondary N) is 1. The van der Waals surface area contributed by atoms with Gasteiger partial charge in [-0.05, 0) is 47.9 Å². The van der Waals surface area contributed by atoms with Crippen molar-refractivity contribution in [3.8, 4) is 5.75 Å². The third-order valence-corrected chi connectivity index (χ3v) is 6.19. The topological polar surface area (TPSA) is 58.6 Å². The molecule has 0 unspecified atom stereocenters. The summed E-state index contributed by atoms with van der Waals surface area (Å²) >= 11 is 12.2. The second-order valence-electron chi connectivity index (χ2n) is 7.90. The molecule has 7 heteroatoms. The average molecular weight is 499 g/mol. The maximum Gasteiger partial charge on any atom is 0.243 e. The fourth-order valence-electron chi connectivity index (χ4n) is 3.74. The first-order valence-corrected chi connectivity index (χ1v) is 11.8. The van der Waals surface area contributed by atoms with Gasteiger partial charge in [-0.2, -0.15) is 0 Å². The molecule has 0 spiro atoms. The smallest absolute Gasteiger partial charge is 0.243 e. The van der Waals surface area contributed by atoms with Crippen LogP contribution in [0.2, 0.25) is 10.0 Å². The van der Waals surface area contributed by atoms with Crippen molar-refractivity contribution in [3.63, 3.8) is 0 Å². The minimum atomic E-state index is -0.691. The summed E-state index contributed by atoms with van der Waals surface area (Å²) in [5, 5.41) is 3.71. The summed E-state index contributed by atoms with van der Waals surface area (Å²) in [7, 11) is 1.60.